The Hall–Kier alpha value is -3.59. The first-order valence-electron chi connectivity index (χ1n) is 10.3. The highest BCUT2D eigenvalue weighted by Crippen LogP contribution is 2.35. The fourth-order valence-corrected chi connectivity index (χ4v) is 4.18. The molecule has 0 amide bonds. The van der Waals surface area contributed by atoms with Crippen LogP contribution in [0.2, 0.25) is 0 Å². The van der Waals surface area contributed by atoms with Gasteiger partial charge in [0.2, 0.25) is 5.88 Å². The van der Waals surface area contributed by atoms with Crippen LogP contribution in [0, 0.1) is 0 Å². The molecule has 0 saturated carbocycles. The Bertz CT molecular complexity index is 1170. The summed E-state index contributed by atoms with van der Waals surface area (Å²) in [6.45, 7) is 1.81. The molecule has 164 valence electrons. The van der Waals surface area contributed by atoms with Crippen molar-refractivity contribution in [2.75, 3.05) is 7.11 Å². The zero-order valence-corrected chi connectivity index (χ0v) is 17.6. The van der Waals surface area contributed by atoms with Crippen LogP contribution in [0.4, 0.5) is 4.39 Å². The van der Waals surface area contributed by atoms with E-state index in [1.165, 1.54) is 6.20 Å². The molecule has 0 radical (unpaired) electrons. The molecule has 32 heavy (non-hydrogen) atoms. The summed E-state index contributed by atoms with van der Waals surface area (Å²) in [7, 11) is 1.55. The lowest BCUT2D eigenvalue weighted by Gasteiger charge is -2.39. The molecule has 2 aliphatic heterocycles. The van der Waals surface area contributed by atoms with Crippen LogP contribution in [0.25, 0.3) is 22.5 Å². The van der Waals surface area contributed by atoms with Gasteiger partial charge in [0.15, 0.2) is 12.0 Å². The van der Waals surface area contributed by atoms with E-state index in [-0.39, 0.29) is 23.5 Å². The van der Waals surface area contributed by atoms with Crippen molar-refractivity contribution in [1.29, 1.82) is 0 Å². The number of piperidine rings is 1. The van der Waals surface area contributed by atoms with Gasteiger partial charge in [-0.15, -0.1) is 10.2 Å². The normalized spacial score (nSPS) is 26.2. The maximum atomic E-state index is 14.9. The molecular formula is C23H22FN5O3. The zero-order valence-electron chi connectivity index (χ0n) is 17.6. The van der Waals surface area contributed by atoms with E-state index in [4.69, 9.17) is 9.47 Å². The van der Waals surface area contributed by atoms with Crippen molar-refractivity contribution >= 4 is 0 Å². The van der Waals surface area contributed by atoms with Crippen LogP contribution in [0.1, 0.15) is 13.3 Å². The third-order valence-corrected chi connectivity index (χ3v) is 5.89. The number of phenols is 1. The average molecular weight is 435 g/mol. The van der Waals surface area contributed by atoms with Crippen LogP contribution in [0.15, 0.2) is 54.9 Å². The molecule has 8 nitrogen and oxygen atoms in total. The molecule has 2 N–H and O–H groups in total. The number of hydrogen-bond acceptors (Lipinski definition) is 8. The second kappa shape index (κ2) is 7.83. The van der Waals surface area contributed by atoms with Crippen LogP contribution in [-0.4, -0.2) is 56.2 Å². The smallest absolute Gasteiger partial charge is 0.252 e. The Morgan fingerprint density at radius 2 is 1.97 bits per heavy atom. The molecule has 3 aromatic rings. The van der Waals surface area contributed by atoms with Gasteiger partial charge in [0.05, 0.1) is 24.4 Å². The fraction of sp³-hybridized carbons (Fsp3) is 0.304. The van der Waals surface area contributed by atoms with Crippen LogP contribution in [-0.2, 0) is 0 Å². The van der Waals surface area contributed by atoms with E-state index in [1.54, 1.807) is 31.5 Å². The van der Waals surface area contributed by atoms with E-state index in [2.05, 4.69) is 25.5 Å². The van der Waals surface area contributed by atoms with Gasteiger partial charge in [-0.25, -0.2) is 14.4 Å². The monoisotopic (exact) mass is 435 g/mol. The van der Waals surface area contributed by atoms with E-state index in [1.807, 2.05) is 31.2 Å². The molecule has 2 aliphatic rings. The maximum absolute atomic E-state index is 14.9. The van der Waals surface area contributed by atoms with Crippen molar-refractivity contribution in [3.63, 3.8) is 0 Å². The summed E-state index contributed by atoms with van der Waals surface area (Å²) in [4.78, 5) is 8.34. The first-order valence-corrected chi connectivity index (χ1v) is 10.3. The average Bonchev–Trinajstić information content (AvgIpc) is 3.15. The molecule has 1 unspecified atom stereocenters. The van der Waals surface area contributed by atoms with Crippen LogP contribution in [0.5, 0.6) is 17.5 Å². The molecule has 4 atom stereocenters. The highest BCUT2D eigenvalue weighted by atomic mass is 19.1. The first-order chi connectivity index (χ1) is 15.4. The number of alkyl halides is 1. The molecule has 1 saturated heterocycles. The number of pyridine rings is 1. The van der Waals surface area contributed by atoms with Gasteiger partial charge < -0.3 is 14.6 Å². The summed E-state index contributed by atoms with van der Waals surface area (Å²) in [5, 5.41) is 21.9. The Labute approximate surface area is 184 Å². The quantitative estimate of drug-likeness (QED) is 0.590. The number of nitrogens with one attached hydrogen (secondary N) is 1. The number of aromatic hydroxyl groups is 1. The summed E-state index contributed by atoms with van der Waals surface area (Å²) in [5.74, 6) is 0.874. The lowest BCUT2D eigenvalue weighted by atomic mass is 9.88. The summed E-state index contributed by atoms with van der Waals surface area (Å²) in [6, 6.07) is 8.84. The molecule has 5 rings (SSSR count). The van der Waals surface area contributed by atoms with Gasteiger partial charge in [0.25, 0.3) is 5.88 Å². The highest BCUT2D eigenvalue weighted by molar-refractivity contribution is 5.73. The number of halogens is 1. The van der Waals surface area contributed by atoms with Gasteiger partial charge in [0.1, 0.15) is 11.9 Å². The van der Waals surface area contributed by atoms with E-state index < -0.39 is 17.8 Å². The van der Waals surface area contributed by atoms with E-state index in [9.17, 15) is 9.50 Å². The van der Waals surface area contributed by atoms with Crippen LogP contribution < -0.4 is 14.8 Å². The lowest BCUT2D eigenvalue weighted by molar-refractivity contribution is 0.0168. The van der Waals surface area contributed by atoms with Gasteiger partial charge in [-0.3, -0.25) is 5.32 Å². The summed E-state index contributed by atoms with van der Waals surface area (Å²) in [6.07, 6.45) is 5.49. The van der Waals surface area contributed by atoms with Crippen LogP contribution in [0.3, 0.4) is 0 Å². The molecule has 2 bridgehead atoms. The zero-order chi connectivity index (χ0) is 22.3. The van der Waals surface area contributed by atoms with Crippen LogP contribution >= 0.6 is 0 Å². The van der Waals surface area contributed by atoms with Gasteiger partial charge in [-0.1, -0.05) is 18.2 Å². The van der Waals surface area contributed by atoms with E-state index in [0.717, 1.165) is 11.1 Å². The Balaban J connectivity index is 1.33. The molecule has 9 heteroatoms. The third-order valence-electron chi connectivity index (χ3n) is 5.89. The second-order valence-electron chi connectivity index (χ2n) is 8.13. The summed E-state index contributed by atoms with van der Waals surface area (Å²) in [5.41, 5.74) is 1.33. The van der Waals surface area contributed by atoms with Gasteiger partial charge in [-0.2, -0.15) is 0 Å². The van der Waals surface area contributed by atoms with Gasteiger partial charge >= 0.3 is 0 Å². The predicted molar refractivity (Wildman–Crippen MR) is 115 cm³/mol. The molecule has 1 aromatic carbocycles. The summed E-state index contributed by atoms with van der Waals surface area (Å²) >= 11 is 0. The number of fused-ring (bicyclic) bond motifs is 2. The third kappa shape index (κ3) is 3.64. The first kappa shape index (κ1) is 20.3. The predicted octanol–water partition coefficient (Wildman–Crippen LogP) is 3.09. The standard InChI is InChI=1S/C23H22FN5O3/c1-23-7-5-15(27-23)11-18(21(23)24)32-20-12-26-22(29-28-20)16-4-3-13(9-17(16)30)14-6-8-25-19(10-14)31-2/h3-10,12,15,18,21,27,30H,11H2,1-2H3/t15?,18-,21-,23+/m1/s1. The van der Waals surface area contributed by atoms with Crippen molar-refractivity contribution in [1.82, 2.24) is 25.5 Å². The molecule has 2 aromatic heterocycles. The van der Waals surface area contributed by atoms with Crippen molar-refractivity contribution in [3.05, 3.63) is 54.9 Å². The topological polar surface area (TPSA) is 102 Å². The highest BCUT2D eigenvalue weighted by Gasteiger charge is 2.48. The number of aromatic nitrogens is 4. The maximum Gasteiger partial charge on any atom is 0.252 e. The van der Waals surface area contributed by atoms with Gasteiger partial charge in [0, 0.05) is 24.7 Å². The number of nitrogens with zero attached hydrogens (tertiary/aromatic N) is 4. The van der Waals surface area contributed by atoms with E-state index >= 15 is 0 Å². The van der Waals surface area contributed by atoms with Crippen molar-refractivity contribution < 1.29 is 19.0 Å². The van der Waals surface area contributed by atoms with Crippen molar-refractivity contribution in [2.24, 2.45) is 0 Å². The van der Waals surface area contributed by atoms with Gasteiger partial charge in [-0.05, 0) is 36.2 Å². The Morgan fingerprint density at radius 3 is 2.72 bits per heavy atom. The number of hydrogen-bond donors (Lipinski definition) is 2. The van der Waals surface area contributed by atoms with Crippen molar-refractivity contribution in [3.8, 4) is 40.0 Å². The molecular weight excluding hydrogens is 413 g/mol. The van der Waals surface area contributed by atoms with Crippen molar-refractivity contribution in [2.45, 2.75) is 37.2 Å². The minimum absolute atomic E-state index is 0.00602. The minimum atomic E-state index is -1.22. The number of rotatable bonds is 5. The SMILES string of the molecule is COc1cc(-c2ccc(-c3ncc(O[C@@H]4CC5C=C[C@](C)(N5)[C@@H]4F)nn3)c(O)c2)ccn1. The lowest BCUT2D eigenvalue weighted by Crippen LogP contribution is -2.60. The van der Waals surface area contributed by atoms with E-state index in [0.29, 0.717) is 17.9 Å². The number of ether oxygens (including phenoxy) is 2. The minimum Gasteiger partial charge on any atom is -0.507 e. The fourth-order valence-electron chi connectivity index (χ4n) is 4.18. The Morgan fingerprint density at radius 1 is 1.12 bits per heavy atom. The summed E-state index contributed by atoms with van der Waals surface area (Å²) < 4.78 is 25.8. The number of benzene rings is 1. The molecule has 0 spiro atoms. The molecule has 1 fully saturated rings. The Kier molecular flexibility index (Phi) is 4.97. The number of methoxy groups -OCH3 is 1. The molecule has 0 aliphatic carbocycles. The second-order valence-corrected chi connectivity index (χ2v) is 8.13. The molecule has 4 heterocycles. The number of phenolic OH excluding ortho intramolecular Hbond substituents is 1. The largest absolute Gasteiger partial charge is 0.507 e.